The summed E-state index contributed by atoms with van der Waals surface area (Å²) in [6.07, 6.45) is 5.95. The first kappa shape index (κ1) is 49.5. The molecule has 2 aliphatic rings. The smallest absolute Gasteiger partial charge is 0.407 e. The van der Waals surface area contributed by atoms with Crippen molar-refractivity contribution in [3.05, 3.63) is 30.9 Å². The molecule has 59 heavy (non-hydrogen) atoms. The van der Waals surface area contributed by atoms with Crippen LogP contribution in [0.1, 0.15) is 114 Å². The molecule has 0 radical (unpaired) electrons. The average Bonchev–Trinajstić information content (AvgIpc) is 3.69. The number of unbranched alkanes of at least 4 members (excludes halogenated alkanes) is 1. The normalized spacial score (nSPS) is 29.8. The van der Waals surface area contributed by atoms with Crippen molar-refractivity contribution < 1.29 is 43.2 Å². The van der Waals surface area contributed by atoms with Gasteiger partial charge in [-0.2, -0.15) is 0 Å². The minimum atomic E-state index is -1.14. The van der Waals surface area contributed by atoms with Gasteiger partial charge in [0.1, 0.15) is 17.8 Å². The van der Waals surface area contributed by atoms with Crippen LogP contribution in [0.25, 0.3) is 11.3 Å². The molecule has 1 amide bonds. The Labute approximate surface area is 352 Å². The summed E-state index contributed by atoms with van der Waals surface area (Å²) in [5, 5.41) is 10.6. The Morgan fingerprint density at radius 3 is 2.25 bits per heavy atom. The zero-order chi connectivity index (χ0) is 44.0. The molecule has 4 rings (SSSR count). The van der Waals surface area contributed by atoms with Crippen LogP contribution in [-0.2, 0) is 35.1 Å². The van der Waals surface area contributed by atoms with Crippen molar-refractivity contribution in [3.8, 4) is 17.1 Å². The van der Waals surface area contributed by atoms with Crippen LogP contribution in [0.3, 0.4) is 0 Å². The third kappa shape index (κ3) is 13.8. The van der Waals surface area contributed by atoms with Gasteiger partial charge in [0.05, 0.1) is 30.8 Å². The first-order valence-electron chi connectivity index (χ1n) is 21.9. The van der Waals surface area contributed by atoms with Crippen molar-refractivity contribution in [2.45, 2.75) is 157 Å². The number of aryl methyl sites for hydroxylation is 1. The quantitative estimate of drug-likeness (QED) is 0.119. The Balaban J connectivity index is 0.00000458. The van der Waals surface area contributed by atoms with Crippen molar-refractivity contribution in [1.82, 2.24) is 24.3 Å². The fourth-order valence-electron chi connectivity index (χ4n) is 8.43. The number of nitrogens with zero attached hydrogens (tertiary/aromatic N) is 5. The number of carbonyl (C=O) groups is 4. The number of ketones is 2. The Bertz CT molecular complexity index is 1620. The SMILES string of the molecule is CC.CCOc1ccc(-c2cn(CCCCN(C(=O)O)[C@H]3C[C@@H](CC)OC(=O)[C@H](C)C(=O)[C@H](C)[C@@H](O[C@H]4C[C@@H](N(C)C)C[C@@H](C)O4)[C@@H](C)C[C@@H](C)C(=O)[C@@H]3C)cn2)cn1. The van der Waals surface area contributed by atoms with Crippen LogP contribution in [0.2, 0.25) is 0 Å². The number of imidazole rings is 1. The number of carboxylic acid groups (broad SMARTS) is 1. The van der Waals surface area contributed by atoms with Crippen molar-refractivity contribution >= 4 is 23.6 Å². The lowest BCUT2D eigenvalue weighted by atomic mass is 9.78. The molecule has 14 nitrogen and oxygen atoms in total. The van der Waals surface area contributed by atoms with Gasteiger partial charge in [-0.15, -0.1) is 0 Å². The summed E-state index contributed by atoms with van der Waals surface area (Å²) in [6.45, 7) is 20.1. The second-order valence-electron chi connectivity index (χ2n) is 16.6. The summed E-state index contributed by atoms with van der Waals surface area (Å²) in [5.74, 6) is -3.61. The molecular weight excluding hydrogens is 755 g/mol. The molecule has 11 atom stereocenters. The van der Waals surface area contributed by atoms with Gasteiger partial charge in [0.25, 0.3) is 0 Å². The van der Waals surface area contributed by atoms with Crippen molar-refractivity contribution in [3.63, 3.8) is 0 Å². The van der Waals surface area contributed by atoms with E-state index in [4.69, 9.17) is 18.9 Å². The molecule has 2 aliphatic heterocycles. The first-order valence-corrected chi connectivity index (χ1v) is 21.9. The zero-order valence-corrected chi connectivity index (χ0v) is 37.8. The van der Waals surface area contributed by atoms with E-state index in [1.807, 2.05) is 79.4 Å². The van der Waals surface area contributed by atoms with Crippen LogP contribution in [0, 0.1) is 29.6 Å². The van der Waals surface area contributed by atoms with Crippen LogP contribution in [0.4, 0.5) is 4.79 Å². The van der Waals surface area contributed by atoms with Crippen LogP contribution >= 0.6 is 0 Å². The largest absolute Gasteiger partial charge is 0.478 e. The molecule has 0 aromatic carbocycles. The standard InChI is InChI=1S/C43H67N5O9.C2H6/c1-11-34-22-36(48(43(52)53)18-14-13-17-47-24-35(45-25-47)32-15-16-37(44-23-32)54-12-2)29(6)39(49)26(3)19-27(4)41(30(7)40(50)31(8)42(51)56-34)57-38-21-33(46(9)10)20-28(5)55-38;1-2/h15-16,23-31,33-34,36,38,41H,11-14,17-22H2,1-10H3,(H,52,53);1-2H3/t26-,27+,28-,29-,30+,31-,33+,34-,36+,38+,41+;/m1./s1. The van der Waals surface area contributed by atoms with Gasteiger partial charge in [0, 0.05) is 79.8 Å². The number of pyridine rings is 1. The van der Waals surface area contributed by atoms with E-state index >= 15 is 0 Å². The zero-order valence-electron chi connectivity index (χ0n) is 37.8. The van der Waals surface area contributed by atoms with Gasteiger partial charge in [-0.05, 0) is 79.0 Å². The molecule has 0 unspecified atom stereocenters. The summed E-state index contributed by atoms with van der Waals surface area (Å²) in [7, 11) is 4.06. The molecule has 14 heteroatoms. The van der Waals surface area contributed by atoms with E-state index in [9.17, 15) is 24.3 Å². The Kier molecular flexibility index (Phi) is 20.0. The number of cyclic esters (lactones) is 1. The lowest BCUT2D eigenvalue weighted by molar-refractivity contribution is -0.236. The highest BCUT2D eigenvalue weighted by atomic mass is 16.7. The Morgan fingerprint density at radius 2 is 1.64 bits per heavy atom. The molecule has 2 fully saturated rings. The van der Waals surface area contributed by atoms with E-state index in [-0.39, 0.29) is 42.6 Å². The van der Waals surface area contributed by atoms with Crippen LogP contribution in [0.5, 0.6) is 5.88 Å². The number of aromatic nitrogens is 3. The van der Waals surface area contributed by atoms with Gasteiger partial charge in [-0.1, -0.05) is 48.5 Å². The van der Waals surface area contributed by atoms with E-state index in [2.05, 4.69) is 14.9 Å². The molecule has 0 saturated carbocycles. The maximum Gasteiger partial charge on any atom is 0.407 e. The van der Waals surface area contributed by atoms with Crippen LogP contribution < -0.4 is 4.74 Å². The third-order valence-electron chi connectivity index (χ3n) is 11.9. The van der Waals surface area contributed by atoms with Gasteiger partial charge in [-0.3, -0.25) is 14.4 Å². The molecule has 2 aromatic rings. The Morgan fingerprint density at radius 1 is 0.932 bits per heavy atom. The topological polar surface area (TPSA) is 163 Å². The van der Waals surface area contributed by atoms with E-state index < -0.39 is 60.3 Å². The predicted octanol–water partition coefficient (Wildman–Crippen LogP) is 7.77. The minimum absolute atomic E-state index is 0.0438. The summed E-state index contributed by atoms with van der Waals surface area (Å²) >= 11 is 0. The van der Waals surface area contributed by atoms with Crippen molar-refractivity contribution in [2.75, 3.05) is 27.2 Å². The summed E-state index contributed by atoms with van der Waals surface area (Å²) in [5.41, 5.74) is 1.63. The highest BCUT2D eigenvalue weighted by Gasteiger charge is 2.42. The molecule has 4 heterocycles. The lowest BCUT2D eigenvalue weighted by Crippen LogP contribution is -2.50. The summed E-state index contributed by atoms with van der Waals surface area (Å²) < 4.78 is 26.2. The van der Waals surface area contributed by atoms with Crippen LogP contribution in [0.15, 0.2) is 30.9 Å². The second kappa shape index (κ2) is 23.8. The number of Topliss-reactive ketones (excluding diaryl/α,β-unsaturated/α-hetero) is 2. The number of hydrogen-bond donors (Lipinski definition) is 1. The van der Waals surface area contributed by atoms with Gasteiger partial charge < -0.3 is 38.4 Å². The molecule has 0 bridgehead atoms. The number of carbonyl (C=O) groups excluding carboxylic acids is 3. The monoisotopic (exact) mass is 828 g/mol. The molecule has 2 saturated heterocycles. The van der Waals surface area contributed by atoms with E-state index in [0.29, 0.717) is 51.1 Å². The average molecular weight is 828 g/mol. The molecule has 0 spiro atoms. The van der Waals surface area contributed by atoms with E-state index in [0.717, 1.165) is 17.7 Å². The third-order valence-corrected chi connectivity index (χ3v) is 11.9. The summed E-state index contributed by atoms with van der Waals surface area (Å²) in [6, 6.07) is 3.20. The van der Waals surface area contributed by atoms with Gasteiger partial charge in [0.15, 0.2) is 12.1 Å². The second-order valence-corrected chi connectivity index (χ2v) is 16.6. The molecular formula is C45H73N5O9. The summed E-state index contributed by atoms with van der Waals surface area (Å²) in [4.78, 5) is 67.2. The number of ether oxygens (including phenoxy) is 4. The van der Waals surface area contributed by atoms with E-state index in [1.54, 1.807) is 39.4 Å². The van der Waals surface area contributed by atoms with Crippen molar-refractivity contribution in [1.29, 1.82) is 0 Å². The highest BCUT2D eigenvalue weighted by molar-refractivity contribution is 6.00. The van der Waals surface area contributed by atoms with E-state index in [1.165, 1.54) is 4.90 Å². The van der Waals surface area contributed by atoms with Gasteiger partial charge in [-0.25, -0.2) is 14.8 Å². The molecule has 1 N–H and O–H groups in total. The molecule has 0 aliphatic carbocycles. The van der Waals surface area contributed by atoms with Crippen LogP contribution in [-0.4, -0.2) is 117 Å². The predicted molar refractivity (Wildman–Crippen MR) is 227 cm³/mol. The number of amides is 1. The highest BCUT2D eigenvalue weighted by Crippen LogP contribution is 2.34. The fraction of sp³-hybridized carbons (Fsp3) is 0.733. The number of esters is 1. The fourth-order valence-corrected chi connectivity index (χ4v) is 8.43. The minimum Gasteiger partial charge on any atom is -0.478 e. The molecule has 332 valence electrons. The van der Waals surface area contributed by atoms with Gasteiger partial charge in [0.2, 0.25) is 5.88 Å². The Hall–Kier alpha value is -3.88. The lowest BCUT2D eigenvalue weighted by Gasteiger charge is -2.41. The maximum absolute atomic E-state index is 14.3. The molecule has 2 aromatic heterocycles. The number of hydrogen-bond acceptors (Lipinski definition) is 11. The number of rotatable bonds is 13. The van der Waals surface area contributed by atoms with Crippen molar-refractivity contribution in [2.24, 2.45) is 29.6 Å². The first-order chi connectivity index (χ1) is 28.0. The van der Waals surface area contributed by atoms with Gasteiger partial charge >= 0.3 is 12.1 Å². The maximum atomic E-state index is 14.3.